The highest BCUT2D eigenvalue weighted by molar-refractivity contribution is 5.70. The molecule has 0 aliphatic carbocycles. The summed E-state index contributed by atoms with van der Waals surface area (Å²) in [6, 6.07) is 0. The minimum absolute atomic E-state index is 0.138. The molecule has 2 aliphatic rings. The van der Waals surface area contributed by atoms with Crippen molar-refractivity contribution in [3.8, 4) is 0 Å². The van der Waals surface area contributed by atoms with Crippen molar-refractivity contribution in [1.82, 2.24) is 0 Å². The van der Waals surface area contributed by atoms with Crippen LogP contribution in [0.2, 0.25) is 0 Å². The molecule has 2 aliphatic heterocycles. The average Bonchev–Trinajstić information content (AvgIpc) is 3.31. The SMILES string of the molecule is CCCCC/C=C/C/C=C/C/C=C/C/C=C/CCCC(=O)OC[C@@H](CO[C@@H]1O[C@H](CO[C@@H]2O[C@H](CO)[C@H](O)C(O)C2O)[C@H](O)C(O)C1O)OC(=O)CCCCCCC/C=C/CCCCCC. The predicted molar refractivity (Wildman–Crippen MR) is 252 cm³/mol. The quantitative estimate of drug-likeness (QED) is 0.0201. The number of ether oxygens (including phenoxy) is 6. The van der Waals surface area contributed by atoms with Crippen LogP contribution in [0.25, 0.3) is 0 Å². The highest BCUT2D eigenvalue weighted by Gasteiger charge is 2.47. The number of unbranched alkanes of at least 4 members (excludes halogenated alkanes) is 13. The topological polar surface area (TPSA) is 231 Å². The van der Waals surface area contributed by atoms with E-state index in [2.05, 4.69) is 68.5 Å². The molecule has 0 bridgehead atoms. The summed E-state index contributed by atoms with van der Waals surface area (Å²) in [7, 11) is 0. The lowest BCUT2D eigenvalue weighted by atomic mass is 9.98. The zero-order valence-corrected chi connectivity index (χ0v) is 39.9. The Balaban J connectivity index is 1.85. The van der Waals surface area contributed by atoms with Crippen LogP contribution in [0.15, 0.2) is 60.8 Å². The first-order valence-corrected chi connectivity index (χ1v) is 24.9. The third-order valence-electron chi connectivity index (χ3n) is 11.5. The minimum Gasteiger partial charge on any atom is -0.462 e. The maximum Gasteiger partial charge on any atom is 0.306 e. The molecule has 11 atom stereocenters. The summed E-state index contributed by atoms with van der Waals surface area (Å²) in [6.07, 6.45) is 25.4. The monoisotopic (exact) mass is 939 g/mol. The van der Waals surface area contributed by atoms with Gasteiger partial charge in [0.05, 0.1) is 19.8 Å². The smallest absolute Gasteiger partial charge is 0.306 e. The van der Waals surface area contributed by atoms with Gasteiger partial charge in [0, 0.05) is 12.8 Å². The lowest BCUT2D eigenvalue weighted by molar-refractivity contribution is -0.332. The molecule has 7 N–H and O–H groups in total. The van der Waals surface area contributed by atoms with Crippen molar-refractivity contribution in [3.63, 3.8) is 0 Å². The molecule has 4 unspecified atom stereocenters. The molecule has 0 aromatic heterocycles. The first-order chi connectivity index (χ1) is 32.0. The van der Waals surface area contributed by atoms with Crippen molar-refractivity contribution in [2.75, 3.05) is 26.4 Å². The number of rotatable bonds is 37. The molecular formula is C51H86O15. The number of aliphatic hydroxyl groups is 7. The molecule has 2 rings (SSSR count). The van der Waals surface area contributed by atoms with Gasteiger partial charge in [-0.15, -0.1) is 0 Å². The van der Waals surface area contributed by atoms with E-state index in [1.165, 1.54) is 44.9 Å². The Morgan fingerprint density at radius 1 is 0.485 bits per heavy atom. The number of carbonyl (C=O) groups excluding carboxylic acids is 2. The average molecular weight is 939 g/mol. The number of hydrogen-bond donors (Lipinski definition) is 7. The van der Waals surface area contributed by atoms with Gasteiger partial charge < -0.3 is 64.2 Å². The molecule has 0 aromatic rings. The summed E-state index contributed by atoms with van der Waals surface area (Å²) < 4.78 is 33.4. The van der Waals surface area contributed by atoms with Gasteiger partial charge in [0.25, 0.3) is 0 Å². The molecule has 15 heteroatoms. The van der Waals surface area contributed by atoms with Crippen molar-refractivity contribution in [1.29, 1.82) is 0 Å². The van der Waals surface area contributed by atoms with Crippen LogP contribution < -0.4 is 0 Å². The molecule has 0 spiro atoms. The van der Waals surface area contributed by atoms with Gasteiger partial charge in [-0.1, -0.05) is 126 Å². The standard InChI is InChI=1S/C51H86O15/c1-3-5-7-9-11-13-15-17-18-19-20-22-23-25-27-29-31-33-42(53)61-36-39(64-43(54)34-32-30-28-26-24-21-16-14-12-10-8-6-4-2)37-62-50-49(60)47(58)45(56)41(66-50)38-63-51-48(59)46(57)44(55)40(35-52)65-51/h11,13-14,16-18,20,22,25,27,39-41,44-52,55-60H,3-10,12,15,19,21,23-24,26,28-38H2,1-2H3/b13-11+,16-14+,18-17+,22-20+,27-25+/t39-,40+,41+,44-,45-,46?,47?,48?,49?,50+,51+/m0/s1. The maximum atomic E-state index is 13.0. The number of allylic oxidation sites excluding steroid dienone is 10. The first kappa shape index (κ1) is 59.3. The van der Waals surface area contributed by atoms with E-state index in [1.54, 1.807) is 0 Å². The van der Waals surface area contributed by atoms with Crippen LogP contribution in [0.4, 0.5) is 0 Å². The molecular weight excluding hydrogens is 853 g/mol. The van der Waals surface area contributed by atoms with E-state index in [4.69, 9.17) is 28.4 Å². The molecule has 2 heterocycles. The van der Waals surface area contributed by atoms with Crippen molar-refractivity contribution in [2.45, 2.75) is 223 Å². The third kappa shape index (κ3) is 26.1. The zero-order chi connectivity index (χ0) is 48.2. The Labute approximate surface area is 394 Å². The molecule has 0 radical (unpaired) electrons. The Kier molecular flexibility index (Phi) is 34.2. The fourth-order valence-corrected chi connectivity index (χ4v) is 7.32. The van der Waals surface area contributed by atoms with Crippen LogP contribution in [0.3, 0.4) is 0 Å². The number of esters is 2. The minimum atomic E-state index is -1.78. The third-order valence-corrected chi connectivity index (χ3v) is 11.5. The second-order valence-corrected chi connectivity index (χ2v) is 17.3. The lowest BCUT2D eigenvalue weighted by Crippen LogP contribution is -2.61. The second-order valence-electron chi connectivity index (χ2n) is 17.3. The zero-order valence-electron chi connectivity index (χ0n) is 39.9. The number of carbonyl (C=O) groups is 2. The summed E-state index contributed by atoms with van der Waals surface area (Å²) in [5.41, 5.74) is 0. The number of hydrogen-bond acceptors (Lipinski definition) is 15. The highest BCUT2D eigenvalue weighted by Crippen LogP contribution is 2.26. The van der Waals surface area contributed by atoms with E-state index >= 15 is 0 Å². The van der Waals surface area contributed by atoms with Crippen LogP contribution in [0, 0.1) is 0 Å². The Morgan fingerprint density at radius 2 is 0.924 bits per heavy atom. The predicted octanol–water partition coefficient (Wildman–Crippen LogP) is 6.49. The van der Waals surface area contributed by atoms with Crippen molar-refractivity contribution < 1.29 is 73.8 Å². The molecule has 0 amide bonds. The van der Waals surface area contributed by atoms with Crippen molar-refractivity contribution in [2.24, 2.45) is 0 Å². The molecule has 2 saturated heterocycles. The summed E-state index contributed by atoms with van der Waals surface area (Å²) in [4.78, 5) is 25.7. The molecule has 15 nitrogen and oxygen atoms in total. The Morgan fingerprint density at radius 3 is 1.52 bits per heavy atom. The second kappa shape index (κ2) is 38.1. The highest BCUT2D eigenvalue weighted by atomic mass is 16.7. The fraction of sp³-hybridized carbons (Fsp3) is 0.765. The van der Waals surface area contributed by atoms with Crippen LogP contribution in [-0.2, 0) is 38.0 Å². The molecule has 2 fully saturated rings. The summed E-state index contributed by atoms with van der Waals surface area (Å²) in [5.74, 6) is -1.01. The van der Waals surface area contributed by atoms with Crippen molar-refractivity contribution in [3.05, 3.63) is 60.8 Å². The van der Waals surface area contributed by atoms with E-state index in [9.17, 15) is 45.3 Å². The maximum absolute atomic E-state index is 13.0. The van der Waals surface area contributed by atoms with Gasteiger partial charge in [-0.3, -0.25) is 9.59 Å². The van der Waals surface area contributed by atoms with E-state index in [0.717, 1.165) is 64.2 Å². The summed E-state index contributed by atoms with van der Waals surface area (Å²) >= 11 is 0. The van der Waals surface area contributed by atoms with Gasteiger partial charge >= 0.3 is 11.9 Å². The lowest BCUT2D eigenvalue weighted by Gasteiger charge is -2.42. The largest absolute Gasteiger partial charge is 0.462 e. The number of aliphatic hydroxyl groups excluding tert-OH is 7. The van der Waals surface area contributed by atoms with Gasteiger partial charge in [0.2, 0.25) is 0 Å². The van der Waals surface area contributed by atoms with E-state index in [0.29, 0.717) is 19.3 Å². The van der Waals surface area contributed by atoms with Crippen LogP contribution in [-0.4, -0.2) is 142 Å². The van der Waals surface area contributed by atoms with Gasteiger partial charge in [-0.25, -0.2) is 0 Å². The Bertz CT molecular complexity index is 1380. The van der Waals surface area contributed by atoms with Gasteiger partial charge in [-0.05, 0) is 77.0 Å². The van der Waals surface area contributed by atoms with Gasteiger partial charge in [0.1, 0.15) is 55.4 Å². The van der Waals surface area contributed by atoms with Crippen LogP contribution >= 0.6 is 0 Å². The summed E-state index contributed by atoms with van der Waals surface area (Å²) in [5, 5.41) is 72.0. The normalized spacial score (nSPS) is 26.7. The van der Waals surface area contributed by atoms with E-state index in [1.807, 2.05) is 6.08 Å². The Hall–Kier alpha value is -2.80. The molecule has 0 saturated carbocycles. The van der Waals surface area contributed by atoms with Gasteiger partial charge in [0.15, 0.2) is 18.7 Å². The van der Waals surface area contributed by atoms with Gasteiger partial charge in [-0.2, -0.15) is 0 Å². The van der Waals surface area contributed by atoms with Crippen molar-refractivity contribution >= 4 is 11.9 Å². The van der Waals surface area contributed by atoms with E-state index in [-0.39, 0.29) is 19.4 Å². The fourth-order valence-electron chi connectivity index (χ4n) is 7.32. The molecule has 380 valence electrons. The molecule has 66 heavy (non-hydrogen) atoms. The summed E-state index contributed by atoms with van der Waals surface area (Å²) in [6.45, 7) is 2.46. The van der Waals surface area contributed by atoms with Crippen LogP contribution in [0.1, 0.15) is 155 Å². The molecule has 0 aromatic carbocycles. The van der Waals surface area contributed by atoms with E-state index < -0.39 is 99.3 Å². The first-order valence-electron chi connectivity index (χ1n) is 24.9. The van der Waals surface area contributed by atoms with Crippen LogP contribution in [0.5, 0.6) is 0 Å².